The number of aromatic nitrogens is 6. The molecule has 3 rings (SSSR count). The van der Waals surface area contributed by atoms with E-state index in [4.69, 9.17) is 5.11 Å². The lowest BCUT2D eigenvalue weighted by atomic mass is 10.1. The Morgan fingerprint density at radius 3 is 2.83 bits per heavy atom. The lowest BCUT2D eigenvalue weighted by Gasteiger charge is -2.05. The fraction of sp³-hybridized carbons (Fsp3) is 0.286. The molecule has 2 N–H and O–H groups in total. The van der Waals surface area contributed by atoms with Crippen LogP contribution >= 0.6 is 0 Å². The molecule has 10 heteroatoms. The van der Waals surface area contributed by atoms with Gasteiger partial charge < -0.3 is 10.4 Å². The molecular formula is C14H15N7O3. The second kappa shape index (κ2) is 7.31. The highest BCUT2D eigenvalue weighted by atomic mass is 16.6. The fourth-order valence-electron chi connectivity index (χ4n) is 2.22. The molecule has 0 amide bonds. The fourth-order valence-corrected chi connectivity index (χ4v) is 2.22. The second-order valence-corrected chi connectivity index (χ2v) is 5.04. The number of aryl methyl sites for hydroxylation is 2. The Kier molecular flexibility index (Phi) is 4.75. The van der Waals surface area contributed by atoms with Gasteiger partial charge in [0.05, 0.1) is 0 Å². The number of rotatable bonds is 8. The number of benzene rings is 1. The van der Waals surface area contributed by atoms with Crippen LogP contribution in [0.3, 0.4) is 0 Å². The van der Waals surface area contributed by atoms with Gasteiger partial charge in [0.15, 0.2) is 5.82 Å². The Hall–Kier alpha value is -3.30. The maximum Gasteiger partial charge on any atom is 0.362 e. The number of nitrogens with one attached hydrogen (secondary N) is 1. The van der Waals surface area contributed by atoms with Crippen LogP contribution in [0.1, 0.15) is 28.3 Å². The largest absolute Gasteiger partial charge is 0.476 e. The van der Waals surface area contributed by atoms with E-state index in [1.807, 2.05) is 18.2 Å². The van der Waals surface area contributed by atoms with Gasteiger partial charge in [-0.1, -0.05) is 30.3 Å². The van der Waals surface area contributed by atoms with Gasteiger partial charge in [-0.2, -0.15) is 0 Å². The van der Waals surface area contributed by atoms with Gasteiger partial charge in [0.2, 0.25) is 11.5 Å². The van der Waals surface area contributed by atoms with Crippen molar-refractivity contribution in [2.24, 2.45) is 0 Å². The zero-order chi connectivity index (χ0) is 16.8. The van der Waals surface area contributed by atoms with Crippen molar-refractivity contribution >= 4 is 11.8 Å². The van der Waals surface area contributed by atoms with E-state index in [-0.39, 0.29) is 18.2 Å². The average molecular weight is 329 g/mol. The van der Waals surface area contributed by atoms with E-state index in [1.165, 1.54) is 5.56 Å². The van der Waals surface area contributed by atoms with Crippen LogP contribution < -0.4 is 5.32 Å². The molecule has 0 saturated heterocycles. The molecule has 0 aliphatic heterocycles. The molecule has 0 radical (unpaired) electrons. The number of tetrazole rings is 1. The summed E-state index contributed by atoms with van der Waals surface area (Å²) in [4.78, 5) is 10.9. The van der Waals surface area contributed by atoms with Crippen LogP contribution in [0.4, 0.5) is 5.82 Å². The number of carbonyl (C=O) groups is 1. The molecule has 0 aliphatic carbocycles. The van der Waals surface area contributed by atoms with Crippen LogP contribution in [0.15, 0.2) is 35.0 Å². The van der Waals surface area contributed by atoms with E-state index in [1.54, 1.807) is 4.68 Å². The summed E-state index contributed by atoms with van der Waals surface area (Å²) >= 11 is 0. The number of hydrogen-bond acceptors (Lipinski definition) is 8. The van der Waals surface area contributed by atoms with Crippen LogP contribution in [0.25, 0.3) is 0 Å². The molecule has 0 spiro atoms. The zero-order valence-corrected chi connectivity index (χ0v) is 12.7. The van der Waals surface area contributed by atoms with Crippen molar-refractivity contribution in [1.82, 2.24) is 30.5 Å². The van der Waals surface area contributed by atoms with E-state index in [0.29, 0.717) is 12.2 Å². The summed E-state index contributed by atoms with van der Waals surface area (Å²) in [5, 5.41) is 30.1. The maximum atomic E-state index is 10.9. The first-order valence-electron chi connectivity index (χ1n) is 7.32. The number of aromatic carboxylic acids is 1. The minimum Gasteiger partial charge on any atom is -0.476 e. The Morgan fingerprint density at radius 2 is 2.04 bits per heavy atom. The first kappa shape index (κ1) is 15.6. The van der Waals surface area contributed by atoms with Gasteiger partial charge in [-0.3, -0.25) is 0 Å². The van der Waals surface area contributed by atoms with Crippen molar-refractivity contribution in [3.05, 3.63) is 47.4 Å². The van der Waals surface area contributed by atoms with Crippen LogP contribution in [0.2, 0.25) is 0 Å². The predicted molar refractivity (Wildman–Crippen MR) is 81.2 cm³/mol. The van der Waals surface area contributed by atoms with Crippen molar-refractivity contribution in [2.75, 3.05) is 5.32 Å². The summed E-state index contributed by atoms with van der Waals surface area (Å²) in [6.45, 7) is 0.169. The zero-order valence-electron chi connectivity index (χ0n) is 12.7. The van der Waals surface area contributed by atoms with Crippen LogP contribution in [-0.4, -0.2) is 41.6 Å². The van der Waals surface area contributed by atoms with Crippen LogP contribution in [0.5, 0.6) is 0 Å². The highest BCUT2D eigenvalue weighted by Gasteiger charge is 2.17. The SMILES string of the molecule is O=C(O)c1nonc1NCn1nnnc1CCCc1ccccc1. The third-order valence-corrected chi connectivity index (χ3v) is 3.40. The average Bonchev–Trinajstić information content (AvgIpc) is 3.23. The molecule has 124 valence electrons. The molecule has 3 aromatic rings. The molecule has 1 aromatic carbocycles. The summed E-state index contributed by atoms with van der Waals surface area (Å²) in [5.74, 6) is -0.487. The topological polar surface area (TPSA) is 132 Å². The van der Waals surface area contributed by atoms with Crippen molar-refractivity contribution in [3.63, 3.8) is 0 Å². The van der Waals surface area contributed by atoms with E-state index in [2.05, 4.69) is 47.9 Å². The molecule has 0 unspecified atom stereocenters. The molecule has 10 nitrogen and oxygen atoms in total. The normalized spacial score (nSPS) is 10.7. The summed E-state index contributed by atoms with van der Waals surface area (Å²) < 4.78 is 5.96. The first-order chi connectivity index (χ1) is 11.7. The highest BCUT2D eigenvalue weighted by Crippen LogP contribution is 2.10. The number of carboxylic acids is 1. The Bertz CT molecular complexity index is 800. The van der Waals surface area contributed by atoms with E-state index in [9.17, 15) is 4.79 Å². The maximum absolute atomic E-state index is 10.9. The number of hydrogen-bond donors (Lipinski definition) is 2. The third kappa shape index (κ3) is 3.72. The van der Waals surface area contributed by atoms with Crippen molar-refractivity contribution < 1.29 is 14.5 Å². The Labute approximate surface area is 136 Å². The molecule has 24 heavy (non-hydrogen) atoms. The molecule has 0 bridgehead atoms. The van der Waals surface area contributed by atoms with Crippen molar-refractivity contribution in [3.8, 4) is 0 Å². The minimum absolute atomic E-state index is 0.0354. The van der Waals surface area contributed by atoms with E-state index in [0.717, 1.165) is 12.8 Å². The smallest absolute Gasteiger partial charge is 0.362 e. The van der Waals surface area contributed by atoms with E-state index >= 15 is 0 Å². The van der Waals surface area contributed by atoms with Gasteiger partial charge >= 0.3 is 5.97 Å². The highest BCUT2D eigenvalue weighted by molar-refractivity contribution is 5.90. The predicted octanol–water partition coefficient (Wildman–Crippen LogP) is 0.999. The molecule has 0 aliphatic rings. The van der Waals surface area contributed by atoms with Crippen molar-refractivity contribution in [1.29, 1.82) is 0 Å². The van der Waals surface area contributed by atoms with Gasteiger partial charge in [0, 0.05) is 6.42 Å². The van der Waals surface area contributed by atoms with Crippen LogP contribution in [-0.2, 0) is 19.5 Å². The Morgan fingerprint density at radius 1 is 1.21 bits per heavy atom. The first-order valence-corrected chi connectivity index (χ1v) is 7.32. The van der Waals surface area contributed by atoms with E-state index < -0.39 is 5.97 Å². The monoisotopic (exact) mass is 329 g/mol. The summed E-state index contributed by atoms with van der Waals surface area (Å²) in [6.07, 6.45) is 2.53. The standard InChI is InChI=1S/C14H15N7O3/c22-14(23)12-13(18-24-17-12)15-9-21-11(16-19-20-21)8-4-7-10-5-2-1-3-6-10/h1-3,5-6H,4,7-9H2,(H,15,18)(H,22,23). The van der Waals surface area contributed by atoms with Crippen LogP contribution in [0, 0.1) is 0 Å². The molecule has 0 saturated carbocycles. The third-order valence-electron chi connectivity index (χ3n) is 3.40. The van der Waals surface area contributed by atoms with Gasteiger partial charge in [0.25, 0.3) is 0 Å². The number of anilines is 1. The number of nitrogens with zero attached hydrogens (tertiary/aromatic N) is 6. The van der Waals surface area contributed by atoms with Gasteiger partial charge in [-0.05, 0) is 39.1 Å². The Balaban J connectivity index is 1.55. The lowest BCUT2D eigenvalue weighted by Crippen LogP contribution is -2.15. The quantitative estimate of drug-likeness (QED) is 0.621. The van der Waals surface area contributed by atoms with Gasteiger partial charge in [0.1, 0.15) is 6.67 Å². The molecular weight excluding hydrogens is 314 g/mol. The molecule has 2 aromatic heterocycles. The van der Waals surface area contributed by atoms with Crippen molar-refractivity contribution in [2.45, 2.75) is 25.9 Å². The molecule has 0 atom stereocenters. The number of carboxylic acid groups (broad SMARTS) is 1. The summed E-state index contributed by atoms with van der Waals surface area (Å²) in [7, 11) is 0. The summed E-state index contributed by atoms with van der Waals surface area (Å²) in [5.41, 5.74) is 0.975. The second-order valence-electron chi connectivity index (χ2n) is 5.04. The van der Waals surface area contributed by atoms with Gasteiger partial charge in [-0.15, -0.1) is 5.10 Å². The van der Waals surface area contributed by atoms with Gasteiger partial charge in [-0.25, -0.2) is 14.1 Å². The molecule has 0 fully saturated rings. The minimum atomic E-state index is -1.22. The lowest BCUT2D eigenvalue weighted by molar-refractivity contribution is 0.0685. The molecule has 2 heterocycles. The summed E-state index contributed by atoms with van der Waals surface area (Å²) in [6, 6.07) is 10.2.